The van der Waals surface area contributed by atoms with Gasteiger partial charge < -0.3 is 9.88 Å². The number of rotatable bonds is 4. The van der Waals surface area contributed by atoms with Crippen molar-refractivity contribution in [2.45, 2.75) is 26.3 Å². The van der Waals surface area contributed by atoms with Gasteiger partial charge in [-0.3, -0.25) is 9.59 Å². The lowest BCUT2D eigenvalue weighted by Gasteiger charge is -2.14. The molecule has 4 heteroatoms. The Kier molecular flexibility index (Phi) is 4.35. The first-order valence-electron chi connectivity index (χ1n) is 6.62. The molecule has 0 saturated carbocycles. The van der Waals surface area contributed by atoms with Crippen LogP contribution in [-0.4, -0.2) is 10.5 Å². The maximum atomic E-state index is 12.0. The lowest BCUT2D eigenvalue weighted by Crippen LogP contribution is -2.26. The number of nitrogens with zero attached hydrogens (tertiary/aromatic N) is 1. The minimum Gasteiger partial charge on any atom is -0.324 e. The minimum atomic E-state index is -0.202. The minimum absolute atomic E-state index is 0.0199. The number of para-hydroxylation sites is 1. The van der Waals surface area contributed by atoms with E-state index in [2.05, 4.69) is 19.2 Å². The van der Waals surface area contributed by atoms with Crippen molar-refractivity contribution in [3.63, 3.8) is 0 Å². The van der Waals surface area contributed by atoms with Gasteiger partial charge in [-0.25, -0.2) is 0 Å². The first kappa shape index (κ1) is 14.1. The predicted molar refractivity (Wildman–Crippen MR) is 79.9 cm³/mol. The van der Waals surface area contributed by atoms with Gasteiger partial charge in [0.15, 0.2) is 0 Å². The van der Waals surface area contributed by atoms with Crippen molar-refractivity contribution in [3.05, 3.63) is 64.6 Å². The first-order chi connectivity index (χ1) is 9.58. The second kappa shape index (κ2) is 6.19. The summed E-state index contributed by atoms with van der Waals surface area (Å²) in [4.78, 5) is 23.6. The van der Waals surface area contributed by atoms with Gasteiger partial charge >= 0.3 is 0 Å². The average Bonchev–Trinajstić information content (AvgIpc) is 2.41. The molecule has 0 spiro atoms. The van der Waals surface area contributed by atoms with Crippen molar-refractivity contribution in [1.82, 2.24) is 4.57 Å². The smallest absolute Gasteiger partial charge is 0.250 e. The Morgan fingerprint density at radius 2 is 1.85 bits per heavy atom. The van der Waals surface area contributed by atoms with E-state index in [9.17, 15) is 9.59 Å². The van der Waals surface area contributed by atoms with E-state index in [4.69, 9.17) is 0 Å². The second-order valence-electron chi connectivity index (χ2n) is 4.96. The molecule has 1 amide bonds. The molecular weight excluding hydrogens is 252 g/mol. The summed E-state index contributed by atoms with van der Waals surface area (Å²) in [5.74, 6) is 0.123. The molecule has 20 heavy (non-hydrogen) atoms. The third kappa shape index (κ3) is 3.35. The number of aromatic nitrogens is 1. The molecule has 0 atom stereocenters. The van der Waals surface area contributed by atoms with Crippen molar-refractivity contribution in [2.24, 2.45) is 0 Å². The Hall–Kier alpha value is -2.36. The number of pyridine rings is 1. The van der Waals surface area contributed by atoms with Crippen LogP contribution in [0, 0.1) is 0 Å². The van der Waals surface area contributed by atoms with E-state index in [1.807, 2.05) is 24.3 Å². The Bertz CT molecular complexity index is 659. The molecule has 1 aromatic carbocycles. The molecule has 0 aliphatic rings. The van der Waals surface area contributed by atoms with E-state index in [0.717, 1.165) is 11.3 Å². The van der Waals surface area contributed by atoms with Crippen LogP contribution < -0.4 is 10.9 Å². The molecule has 0 radical (unpaired) electrons. The monoisotopic (exact) mass is 270 g/mol. The van der Waals surface area contributed by atoms with Crippen molar-refractivity contribution >= 4 is 11.6 Å². The van der Waals surface area contributed by atoms with Gasteiger partial charge in [-0.1, -0.05) is 38.1 Å². The molecule has 2 aromatic rings. The number of carbonyl (C=O) groups excluding carboxylic acids is 1. The maximum Gasteiger partial charge on any atom is 0.250 e. The molecule has 1 aromatic heterocycles. The van der Waals surface area contributed by atoms with Crippen LogP contribution >= 0.6 is 0 Å². The van der Waals surface area contributed by atoms with Crippen LogP contribution in [0.1, 0.15) is 25.3 Å². The van der Waals surface area contributed by atoms with Gasteiger partial charge in [-0.15, -0.1) is 0 Å². The highest BCUT2D eigenvalue weighted by Gasteiger charge is 2.09. The van der Waals surface area contributed by atoms with Crippen molar-refractivity contribution in [3.8, 4) is 0 Å². The predicted octanol–water partition coefficient (Wildman–Crippen LogP) is 2.61. The van der Waals surface area contributed by atoms with E-state index in [1.54, 1.807) is 18.3 Å². The van der Waals surface area contributed by atoms with E-state index in [1.165, 1.54) is 10.6 Å². The Labute approximate surface area is 118 Å². The summed E-state index contributed by atoms with van der Waals surface area (Å²) in [6, 6.07) is 12.5. The van der Waals surface area contributed by atoms with Crippen molar-refractivity contribution < 1.29 is 4.79 Å². The van der Waals surface area contributed by atoms with Gasteiger partial charge in [0.25, 0.3) is 5.56 Å². The summed E-state index contributed by atoms with van der Waals surface area (Å²) in [7, 11) is 0. The fourth-order valence-electron chi connectivity index (χ4n) is 2.05. The van der Waals surface area contributed by atoms with Gasteiger partial charge in [0, 0.05) is 18.0 Å². The fourth-order valence-corrected chi connectivity index (χ4v) is 2.05. The van der Waals surface area contributed by atoms with E-state index < -0.39 is 0 Å². The summed E-state index contributed by atoms with van der Waals surface area (Å²) in [6.45, 7) is 4.17. The molecule has 1 heterocycles. The molecular formula is C16H18N2O2. The van der Waals surface area contributed by atoms with Crippen LogP contribution in [0.15, 0.2) is 53.5 Å². The van der Waals surface area contributed by atoms with Crippen molar-refractivity contribution in [1.29, 1.82) is 0 Å². The van der Waals surface area contributed by atoms with Gasteiger partial charge in [0.2, 0.25) is 5.91 Å². The van der Waals surface area contributed by atoms with Gasteiger partial charge in [-0.05, 0) is 23.6 Å². The average molecular weight is 270 g/mol. The Balaban J connectivity index is 2.13. The Morgan fingerprint density at radius 1 is 1.15 bits per heavy atom. The summed E-state index contributed by atoms with van der Waals surface area (Å²) < 4.78 is 1.38. The molecule has 0 bridgehead atoms. The number of hydrogen-bond acceptors (Lipinski definition) is 2. The number of hydrogen-bond donors (Lipinski definition) is 1. The van der Waals surface area contributed by atoms with Crippen LogP contribution in [0.25, 0.3) is 0 Å². The molecule has 0 aliphatic heterocycles. The lowest BCUT2D eigenvalue weighted by molar-refractivity contribution is -0.116. The third-order valence-corrected chi connectivity index (χ3v) is 3.07. The molecule has 0 unspecified atom stereocenters. The first-order valence-corrected chi connectivity index (χ1v) is 6.62. The third-order valence-electron chi connectivity index (χ3n) is 3.07. The number of amides is 1. The van der Waals surface area contributed by atoms with Crippen LogP contribution in [0.4, 0.5) is 5.69 Å². The number of nitrogens with one attached hydrogen (secondary N) is 1. The maximum absolute atomic E-state index is 12.0. The van der Waals surface area contributed by atoms with E-state index in [0.29, 0.717) is 5.92 Å². The molecule has 2 rings (SSSR count). The zero-order valence-electron chi connectivity index (χ0n) is 11.7. The highest BCUT2D eigenvalue weighted by Crippen LogP contribution is 2.23. The van der Waals surface area contributed by atoms with Crippen LogP contribution in [0.2, 0.25) is 0 Å². The Morgan fingerprint density at radius 3 is 2.55 bits per heavy atom. The molecule has 1 N–H and O–H groups in total. The molecule has 0 saturated heterocycles. The SMILES string of the molecule is CC(C)c1ccccc1NC(=O)Cn1ccccc1=O. The van der Waals surface area contributed by atoms with Crippen molar-refractivity contribution in [2.75, 3.05) is 5.32 Å². The summed E-state index contributed by atoms with van der Waals surface area (Å²) in [5.41, 5.74) is 1.71. The standard InChI is InChI=1S/C16H18N2O2/c1-12(2)13-7-3-4-8-14(13)17-15(19)11-18-10-6-5-9-16(18)20/h3-10,12H,11H2,1-2H3,(H,17,19). The highest BCUT2D eigenvalue weighted by atomic mass is 16.2. The number of benzene rings is 1. The largest absolute Gasteiger partial charge is 0.324 e. The molecule has 0 aliphatic carbocycles. The number of anilines is 1. The highest BCUT2D eigenvalue weighted by molar-refractivity contribution is 5.91. The second-order valence-corrected chi connectivity index (χ2v) is 4.96. The fraction of sp³-hybridized carbons (Fsp3) is 0.250. The van der Waals surface area contributed by atoms with Crippen LogP contribution in [0.3, 0.4) is 0 Å². The number of carbonyl (C=O) groups is 1. The van der Waals surface area contributed by atoms with Gasteiger partial charge in [-0.2, -0.15) is 0 Å². The summed E-state index contributed by atoms with van der Waals surface area (Å²) >= 11 is 0. The van der Waals surface area contributed by atoms with Gasteiger partial charge in [0.1, 0.15) is 6.54 Å². The van der Waals surface area contributed by atoms with Gasteiger partial charge in [0.05, 0.1) is 0 Å². The summed E-state index contributed by atoms with van der Waals surface area (Å²) in [5, 5.41) is 2.87. The normalized spacial score (nSPS) is 10.6. The summed E-state index contributed by atoms with van der Waals surface area (Å²) in [6.07, 6.45) is 1.61. The molecule has 4 nitrogen and oxygen atoms in total. The molecule has 0 fully saturated rings. The topological polar surface area (TPSA) is 51.1 Å². The molecule has 104 valence electrons. The van der Waals surface area contributed by atoms with Crippen LogP contribution in [0.5, 0.6) is 0 Å². The van der Waals surface area contributed by atoms with E-state index >= 15 is 0 Å². The van der Waals surface area contributed by atoms with Crippen LogP contribution in [-0.2, 0) is 11.3 Å². The lowest BCUT2D eigenvalue weighted by atomic mass is 10.0. The zero-order chi connectivity index (χ0) is 14.5. The van der Waals surface area contributed by atoms with E-state index in [-0.39, 0.29) is 18.0 Å². The quantitative estimate of drug-likeness (QED) is 0.928. The zero-order valence-corrected chi connectivity index (χ0v) is 11.7.